The van der Waals surface area contributed by atoms with Gasteiger partial charge in [0, 0.05) is 49.9 Å². The summed E-state index contributed by atoms with van der Waals surface area (Å²) < 4.78 is 0. The van der Waals surface area contributed by atoms with Crippen LogP contribution in [0.15, 0.2) is 48.7 Å². The first kappa shape index (κ1) is 17.1. The standard InChI is InChI=1S/C20H23N3O2/c1-23(13-11-17-7-4-5-12-21-17)19(24)10-9-16-14-15-6-2-3-8-18(15)22-20(16)25/h2-8,12,16H,9-11,13-14H2,1H3,(H,22,25). The lowest BCUT2D eigenvalue weighted by Crippen LogP contribution is -2.33. The van der Waals surface area contributed by atoms with Crippen LogP contribution >= 0.6 is 0 Å². The van der Waals surface area contributed by atoms with Crippen molar-refractivity contribution < 1.29 is 9.59 Å². The number of carbonyl (C=O) groups excluding carboxylic acids is 2. The molecule has 1 aliphatic rings. The van der Waals surface area contributed by atoms with Crippen molar-refractivity contribution in [3.05, 3.63) is 59.9 Å². The number of nitrogens with zero attached hydrogens (tertiary/aromatic N) is 2. The van der Waals surface area contributed by atoms with Crippen molar-refractivity contribution in [3.8, 4) is 0 Å². The zero-order valence-corrected chi connectivity index (χ0v) is 14.4. The molecule has 0 bridgehead atoms. The Hall–Kier alpha value is -2.69. The zero-order valence-electron chi connectivity index (χ0n) is 14.4. The van der Waals surface area contributed by atoms with E-state index in [1.165, 1.54) is 0 Å². The summed E-state index contributed by atoms with van der Waals surface area (Å²) in [5.41, 5.74) is 3.01. The molecule has 2 heterocycles. The summed E-state index contributed by atoms with van der Waals surface area (Å²) in [7, 11) is 1.81. The maximum absolute atomic E-state index is 12.3. The average molecular weight is 337 g/mol. The molecule has 1 unspecified atom stereocenters. The molecule has 5 heteroatoms. The average Bonchev–Trinajstić information content (AvgIpc) is 2.65. The summed E-state index contributed by atoms with van der Waals surface area (Å²) in [6.45, 7) is 0.634. The number of amides is 2. The molecular weight excluding hydrogens is 314 g/mol. The Kier molecular flexibility index (Phi) is 5.43. The highest BCUT2D eigenvalue weighted by Gasteiger charge is 2.26. The topological polar surface area (TPSA) is 62.3 Å². The Labute approximate surface area is 148 Å². The van der Waals surface area contributed by atoms with Gasteiger partial charge in [-0.25, -0.2) is 0 Å². The Morgan fingerprint density at radius 1 is 1.24 bits per heavy atom. The number of pyridine rings is 1. The third-order valence-electron chi connectivity index (χ3n) is 4.67. The summed E-state index contributed by atoms with van der Waals surface area (Å²) in [5.74, 6) is -0.0479. The van der Waals surface area contributed by atoms with Gasteiger partial charge in [-0.1, -0.05) is 24.3 Å². The number of hydrogen-bond donors (Lipinski definition) is 1. The molecule has 1 N–H and O–H groups in total. The molecule has 1 aliphatic heterocycles. The molecule has 0 aliphatic carbocycles. The van der Waals surface area contributed by atoms with Gasteiger partial charge in [-0.2, -0.15) is 0 Å². The van der Waals surface area contributed by atoms with Gasteiger partial charge in [0.2, 0.25) is 11.8 Å². The maximum Gasteiger partial charge on any atom is 0.227 e. The van der Waals surface area contributed by atoms with Crippen LogP contribution in [0.3, 0.4) is 0 Å². The van der Waals surface area contributed by atoms with E-state index < -0.39 is 0 Å². The molecule has 5 nitrogen and oxygen atoms in total. The Morgan fingerprint density at radius 3 is 2.84 bits per heavy atom. The summed E-state index contributed by atoms with van der Waals surface area (Å²) in [4.78, 5) is 30.5. The number of fused-ring (bicyclic) bond motifs is 1. The second-order valence-corrected chi connectivity index (χ2v) is 6.47. The number of rotatable bonds is 6. The first-order valence-corrected chi connectivity index (χ1v) is 8.66. The Morgan fingerprint density at radius 2 is 2.04 bits per heavy atom. The molecule has 0 spiro atoms. The minimum Gasteiger partial charge on any atom is -0.345 e. The molecule has 130 valence electrons. The van der Waals surface area contributed by atoms with Crippen LogP contribution in [0.4, 0.5) is 5.69 Å². The predicted molar refractivity (Wildman–Crippen MR) is 97.1 cm³/mol. The van der Waals surface area contributed by atoms with E-state index in [4.69, 9.17) is 0 Å². The first-order chi connectivity index (χ1) is 12.1. The predicted octanol–water partition coefficient (Wildman–Crippen LogP) is 2.67. The van der Waals surface area contributed by atoms with Gasteiger partial charge in [0.15, 0.2) is 0 Å². The van der Waals surface area contributed by atoms with Crippen LogP contribution in [0.2, 0.25) is 0 Å². The monoisotopic (exact) mass is 337 g/mol. The Bertz CT molecular complexity index is 746. The molecule has 0 saturated carbocycles. The van der Waals surface area contributed by atoms with Gasteiger partial charge in [-0.3, -0.25) is 14.6 Å². The van der Waals surface area contributed by atoms with Gasteiger partial charge in [0.25, 0.3) is 0 Å². The number of hydrogen-bond acceptors (Lipinski definition) is 3. The van der Waals surface area contributed by atoms with E-state index in [2.05, 4.69) is 10.3 Å². The van der Waals surface area contributed by atoms with E-state index in [1.807, 2.05) is 49.5 Å². The minimum absolute atomic E-state index is 0.0163. The second-order valence-electron chi connectivity index (χ2n) is 6.47. The van der Waals surface area contributed by atoms with E-state index in [9.17, 15) is 9.59 Å². The third-order valence-corrected chi connectivity index (χ3v) is 4.67. The number of aromatic nitrogens is 1. The lowest BCUT2D eigenvalue weighted by Gasteiger charge is -2.25. The SMILES string of the molecule is CN(CCc1ccccn1)C(=O)CCC1Cc2ccccc2NC1=O. The fourth-order valence-electron chi connectivity index (χ4n) is 3.09. The molecule has 1 aromatic carbocycles. The van der Waals surface area contributed by atoms with E-state index in [0.717, 1.165) is 23.4 Å². The number of para-hydroxylation sites is 1. The van der Waals surface area contributed by atoms with E-state index in [0.29, 0.717) is 25.8 Å². The number of benzene rings is 1. The van der Waals surface area contributed by atoms with Crippen molar-refractivity contribution in [2.45, 2.75) is 25.7 Å². The largest absolute Gasteiger partial charge is 0.345 e. The van der Waals surface area contributed by atoms with Crippen LogP contribution < -0.4 is 5.32 Å². The molecule has 1 aromatic heterocycles. The highest BCUT2D eigenvalue weighted by Crippen LogP contribution is 2.27. The molecule has 0 fully saturated rings. The minimum atomic E-state index is -0.136. The van der Waals surface area contributed by atoms with Crippen LogP contribution in [0.25, 0.3) is 0 Å². The Balaban J connectivity index is 1.48. The summed E-state index contributed by atoms with van der Waals surface area (Å²) in [6.07, 6.45) is 4.16. The smallest absolute Gasteiger partial charge is 0.227 e. The van der Waals surface area contributed by atoms with Gasteiger partial charge in [-0.15, -0.1) is 0 Å². The quantitative estimate of drug-likeness (QED) is 0.881. The van der Waals surface area contributed by atoms with Crippen LogP contribution in [0.1, 0.15) is 24.1 Å². The third kappa shape index (κ3) is 4.44. The van der Waals surface area contributed by atoms with Crippen LogP contribution in [-0.2, 0) is 22.4 Å². The first-order valence-electron chi connectivity index (χ1n) is 8.66. The van der Waals surface area contributed by atoms with Crippen molar-refractivity contribution >= 4 is 17.5 Å². The molecule has 1 atom stereocenters. The number of anilines is 1. The van der Waals surface area contributed by atoms with Crippen LogP contribution in [0, 0.1) is 5.92 Å². The summed E-state index contributed by atoms with van der Waals surface area (Å²) in [6, 6.07) is 13.6. The van der Waals surface area contributed by atoms with Crippen molar-refractivity contribution in [2.24, 2.45) is 5.92 Å². The van der Waals surface area contributed by atoms with Gasteiger partial charge < -0.3 is 10.2 Å². The highest BCUT2D eigenvalue weighted by atomic mass is 16.2. The van der Waals surface area contributed by atoms with E-state index in [1.54, 1.807) is 11.1 Å². The van der Waals surface area contributed by atoms with Gasteiger partial charge in [0.05, 0.1) is 0 Å². The van der Waals surface area contributed by atoms with Gasteiger partial charge in [-0.05, 0) is 36.6 Å². The number of likely N-dealkylation sites (N-methyl/N-ethyl adjacent to an activating group) is 1. The lowest BCUT2D eigenvalue weighted by atomic mass is 9.89. The van der Waals surface area contributed by atoms with Crippen molar-refractivity contribution in [1.29, 1.82) is 0 Å². The van der Waals surface area contributed by atoms with Crippen molar-refractivity contribution in [2.75, 3.05) is 18.9 Å². The molecular formula is C20H23N3O2. The molecule has 2 aromatic rings. The molecule has 3 rings (SSSR count). The van der Waals surface area contributed by atoms with E-state index in [-0.39, 0.29) is 17.7 Å². The summed E-state index contributed by atoms with van der Waals surface area (Å²) >= 11 is 0. The molecule has 25 heavy (non-hydrogen) atoms. The maximum atomic E-state index is 12.3. The van der Waals surface area contributed by atoms with Crippen molar-refractivity contribution in [1.82, 2.24) is 9.88 Å². The van der Waals surface area contributed by atoms with Gasteiger partial charge >= 0.3 is 0 Å². The normalized spacial score (nSPS) is 16.0. The highest BCUT2D eigenvalue weighted by molar-refractivity contribution is 5.96. The lowest BCUT2D eigenvalue weighted by molar-refractivity contribution is -0.130. The summed E-state index contributed by atoms with van der Waals surface area (Å²) in [5, 5.41) is 2.94. The zero-order chi connectivity index (χ0) is 17.6. The molecule has 0 saturated heterocycles. The van der Waals surface area contributed by atoms with Gasteiger partial charge in [0.1, 0.15) is 0 Å². The van der Waals surface area contributed by atoms with E-state index >= 15 is 0 Å². The van der Waals surface area contributed by atoms with Crippen LogP contribution in [-0.4, -0.2) is 35.3 Å². The number of nitrogens with one attached hydrogen (secondary N) is 1. The fourth-order valence-corrected chi connectivity index (χ4v) is 3.09. The number of carbonyl (C=O) groups is 2. The molecule has 2 amide bonds. The fraction of sp³-hybridized carbons (Fsp3) is 0.350. The van der Waals surface area contributed by atoms with Crippen molar-refractivity contribution in [3.63, 3.8) is 0 Å². The second kappa shape index (κ2) is 7.92. The van der Waals surface area contributed by atoms with Crippen LogP contribution in [0.5, 0.6) is 0 Å². The molecule has 0 radical (unpaired) electrons.